The van der Waals surface area contributed by atoms with Crippen molar-refractivity contribution in [1.82, 2.24) is 15.2 Å². The summed E-state index contributed by atoms with van der Waals surface area (Å²) in [6, 6.07) is 13.6. The molecule has 36 heavy (non-hydrogen) atoms. The minimum atomic E-state index is -4.48. The summed E-state index contributed by atoms with van der Waals surface area (Å²) in [7, 11) is -2.89. The number of aromatic nitrogens is 3. The van der Waals surface area contributed by atoms with E-state index in [9.17, 15) is 27.2 Å². The number of nitrogens with zero attached hydrogens (tertiary/aromatic N) is 3. The van der Waals surface area contributed by atoms with E-state index in [0.29, 0.717) is 22.9 Å². The van der Waals surface area contributed by atoms with Crippen molar-refractivity contribution < 1.29 is 22.5 Å². The van der Waals surface area contributed by atoms with Gasteiger partial charge >= 0.3 is 6.18 Å². The van der Waals surface area contributed by atoms with Crippen LogP contribution in [0.4, 0.5) is 23.4 Å². The Bertz CT molecular complexity index is 1480. The molecule has 0 spiro atoms. The van der Waals surface area contributed by atoms with Crippen LogP contribution in [0.1, 0.15) is 16.8 Å². The second-order valence-electron chi connectivity index (χ2n) is 8.76. The van der Waals surface area contributed by atoms with Crippen LogP contribution in [-0.4, -0.2) is 45.5 Å². The van der Waals surface area contributed by atoms with Crippen molar-refractivity contribution in [2.75, 3.05) is 30.3 Å². The lowest BCUT2D eigenvalue weighted by Gasteiger charge is -2.40. The van der Waals surface area contributed by atoms with Gasteiger partial charge in [0.05, 0.1) is 16.6 Å². The van der Waals surface area contributed by atoms with Gasteiger partial charge in [0.25, 0.3) is 5.56 Å². The highest BCUT2D eigenvalue weighted by Crippen LogP contribution is 2.55. The van der Waals surface area contributed by atoms with Gasteiger partial charge in [-0.3, -0.25) is 4.79 Å². The van der Waals surface area contributed by atoms with Gasteiger partial charge < -0.3 is 9.79 Å². The van der Waals surface area contributed by atoms with Gasteiger partial charge in [-0.1, -0.05) is 24.3 Å². The Balaban J connectivity index is 1.38. The largest absolute Gasteiger partial charge is 0.416 e. The van der Waals surface area contributed by atoms with Crippen LogP contribution in [0, 0.1) is 5.82 Å². The number of hydrogen-bond acceptors (Lipinski definition) is 5. The van der Waals surface area contributed by atoms with Crippen molar-refractivity contribution >= 4 is 29.4 Å². The number of rotatable bonds is 4. The second-order valence-corrected chi connectivity index (χ2v) is 12.0. The van der Waals surface area contributed by atoms with Crippen LogP contribution in [0.15, 0.2) is 65.6 Å². The molecule has 0 saturated carbocycles. The van der Waals surface area contributed by atoms with Crippen LogP contribution in [0.2, 0.25) is 0 Å². The van der Waals surface area contributed by atoms with Gasteiger partial charge in [0, 0.05) is 56.2 Å². The molecule has 2 N–H and O–H groups in total. The van der Waals surface area contributed by atoms with Crippen LogP contribution >= 0.6 is 7.49 Å². The van der Waals surface area contributed by atoms with E-state index in [0.717, 1.165) is 23.9 Å². The molecule has 187 valence electrons. The Labute approximate surface area is 204 Å². The molecule has 1 aliphatic rings. The van der Waals surface area contributed by atoms with Crippen molar-refractivity contribution in [3.05, 3.63) is 93.8 Å². The molecule has 6 nitrogen and oxygen atoms in total. The highest BCUT2D eigenvalue weighted by Gasteiger charge is 2.36. The van der Waals surface area contributed by atoms with Crippen molar-refractivity contribution in [3.63, 3.8) is 0 Å². The van der Waals surface area contributed by atoms with Gasteiger partial charge in [0.2, 0.25) is 0 Å². The molecule has 0 unspecified atom stereocenters. The average Bonchev–Trinajstić information content (AvgIpc) is 2.87. The Morgan fingerprint density at radius 1 is 1.03 bits per heavy atom. The molecule has 11 heteroatoms. The first kappa shape index (κ1) is 24.3. The molecule has 0 aliphatic carbocycles. The van der Waals surface area contributed by atoms with Gasteiger partial charge in [-0.25, -0.2) is 14.5 Å². The van der Waals surface area contributed by atoms with E-state index in [2.05, 4.69) is 15.2 Å². The molecule has 1 radical (unpaired) electrons. The Morgan fingerprint density at radius 2 is 1.75 bits per heavy atom. The molecule has 1 aliphatic heterocycles. The average molecular weight is 517 g/mol. The monoisotopic (exact) mass is 517 g/mol. The molecule has 0 atom stereocenters. The molecule has 0 bridgehead atoms. The summed E-state index contributed by atoms with van der Waals surface area (Å²) in [6.07, 6.45) is -2.58. The minimum absolute atomic E-state index is 0.182. The summed E-state index contributed by atoms with van der Waals surface area (Å²) in [4.78, 5) is 29.3. The zero-order valence-electron chi connectivity index (χ0n) is 19.0. The number of anilines is 1. The number of benzene rings is 2. The number of aromatic amines is 1. The molecule has 2 aromatic heterocycles. The number of pyridine rings is 1. The topological polar surface area (TPSA) is 82.1 Å². The van der Waals surface area contributed by atoms with Crippen molar-refractivity contribution in [2.24, 2.45) is 0 Å². The number of alkyl halides is 3. The summed E-state index contributed by atoms with van der Waals surface area (Å²) in [6.45, 7) is 0.517. The highest BCUT2D eigenvalue weighted by atomic mass is 31.2. The molecule has 1 saturated heterocycles. The molecular formula is C25H22F4N4O2P. The number of halogens is 4. The quantitative estimate of drug-likeness (QED) is 0.314. The zero-order valence-corrected chi connectivity index (χ0v) is 19.9. The fourth-order valence-corrected chi connectivity index (χ4v) is 7.25. The lowest BCUT2D eigenvalue weighted by atomic mass is 10.0. The van der Waals surface area contributed by atoms with Crippen LogP contribution in [-0.2, 0) is 12.6 Å². The van der Waals surface area contributed by atoms with Crippen molar-refractivity contribution in [3.8, 4) is 0 Å². The predicted octanol–water partition coefficient (Wildman–Crippen LogP) is 4.14. The van der Waals surface area contributed by atoms with Gasteiger partial charge in [0.15, 0.2) is 0 Å². The fraction of sp³-hybridized carbons (Fsp3) is 0.240. The third-order valence-electron chi connectivity index (χ3n) is 6.48. The van der Waals surface area contributed by atoms with Crippen LogP contribution in [0.5, 0.6) is 0 Å². The Kier molecular flexibility index (Phi) is 6.26. The van der Waals surface area contributed by atoms with Crippen LogP contribution < -0.4 is 15.8 Å². The standard InChI is InChI=1S/C25H22F4N4O2P/c26-20-6-5-16(13-21-18-3-1-2-4-19(18)24(34)32-31-21)14-22(20)36(35)11-9-33(10-12-36)23-15-17(7-8-30-23)25(27,28)29/h1-8,14-15,35H,9-13H2,(H,32,34). The smallest absolute Gasteiger partial charge is 0.375 e. The fourth-order valence-electron chi connectivity index (χ4n) is 4.52. The van der Waals surface area contributed by atoms with E-state index in [1.54, 1.807) is 35.2 Å². The van der Waals surface area contributed by atoms with E-state index in [1.165, 1.54) is 6.07 Å². The molecule has 1 fully saturated rings. The molecule has 4 aromatic rings. The maximum atomic E-state index is 14.9. The number of H-pyrrole nitrogens is 1. The molecular weight excluding hydrogens is 495 g/mol. The summed E-state index contributed by atoms with van der Waals surface area (Å²) in [5, 5.41) is 8.11. The van der Waals surface area contributed by atoms with E-state index in [4.69, 9.17) is 0 Å². The van der Waals surface area contributed by atoms with Crippen molar-refractivity contribution in [2.45, 2.75) is 12.6 Å². The van der Waals surface area contributed by atoms with Crippen LogP contribution in [0.25, 0.3) is 10.8 Å². The molecule has 3 heterocycles. The minimum Gasteiger partial charge on any atom is -0.375 e. The van der Waals surface area contributed by atoms with Crippen LogP contribution in [0.3, 0.4) is 0 Å². The van der Waals surface area contributed by atoms with E-state index in [-0.39, 0.29) is 42.1 Å². The van der Waals surface area contributed by atoms with Gasteiger partial charge in [-0.05, 0) is 35.9 Å². The van der Waals surface area contributed by atoms with E-state index >= 15 is 0 Å². The van der Waals surface area contributed by atoms with Crippen molar-refractivity contribution in [1.29, 1.82) is 0 Å². The first-order valence-electron chi connectivity index (χ1n) is 11.3. The van der Waals surface area contributed by atoms with E-state index in [1.807, 2.05) is 6.07 Å². The second kappa shape index (κ2) is 9.26. The molecule has 0 amide bonds. The number of fused-ring (bicyclic) bond motifs is 1. The lowest BCUT2D eigenvalue weighted by Crippen LogP contribution is -2.40. The summed E-state index contributed by atoms with van der Waals surface area (Å²) >= 11 is 0. The van der Waals surface area contributed by atoms with E-state index < -0.39 is 25.0 Å². The lowest BCUT2D eigenvalue weighted by molar-refractivity contribution is -0.137. The Hall–Kier alpha value is -3.36. The van der Waals surface area contributed by atoms with Gasteiger partial charge in [-0.2, -0.15) is 18.3 Å². The third kappa shape index (κ3) is 4.70. The maximum Gasteiger partial charge on any atom is 0.416 e. The zero-order chi connectivity index (χ0) is 25.5. The highest BCUT2D eigenvalue weighted by molar-refractivity contribution is 7.77. The predicted molar refractivity (Wildman–Crippen MR) is 132 cm³/mol. The SMILES string of the molecule is O=c1[nH]nc(Cc2ccc(F)c([P]3(O)CCN(c4cc(C(F)(F)F)ccn4)CC3)c2)c2ccccc12. The van der Waals surface area contributed by atoms with Gasteiger partial charge in [0.1, 0.15) is 11.6 Å². The number of hydrogen-bond donors (Lipinski definition) is 2. The van der Waals surface area contributed by atoms with Gasteiger partial charge in [-0.15, -0.1) is 0 Å². The normalized spacial score (nSPS) is 15.9. The molecule has 5 rings (SSSR count). The molecule has 2 aromatic carbocycles. The summed E-state index contributed by atoms with van der Waals surface area (Å²) in [5.74, 6) is -0.333. The summed E-state index contributed by atoms with van der Waals surface area (Å²) in [5.41, 5.74) is 0.270. The third-order valence-corrected chi connectivity index (χ3v) is 9.60. The number of nitrogens with one attached hydrogen (secondary N) is 1. The first-order chi connectivity index (χ1) is 17.1. The Morgan fingerprint density at radius 3 is 2.47 bits per heavy atom. The summed E-state index contributed by atoms with van der Waals surface area (Å²) < 4.78 is 54.1. The maximum absolute atomic E-state index is 14.9. The first-order valence-corrected chi connectivity index (χ1v) is 13.4.